The molecule has 2 aromatic rings. The van der Waals surface area contributed by atoms with Crippen molar-refractivity contribution in [2.24, 2.45) is 0 Å². The van der Waals surface area contributed by atoms with Gasteiger partial charge in [-0.15, -0.1) is 11.8 Å². The number of aromatic nitrogens is 1. The fraction of sp³-hybridized carbons (Fsp3) is 0.474. The molecule has 1 aromatic heterocycles. The summed E-state index contributed by atoms with van der Waals surface area (Å²) in [5, 5.41) is 4.01. The predicted molar refractivity (Wildman–Crippen MR) is 102 cm³/mol. The number of likely N-dealkylation sites (tertiary alicyclic amines) is 1. The van der Waals surface area contributed by atoms with Crippen molar-refractivity contribution in [2.45, 2.75) is 44.2 Å². The molecule has 6 heteroatoms. The zero-order valence-corrected chi connectivity index (χ0v) is 15.6. The van der Waals surface area contributed by atoms with Crippen molar-refractivity contribution >= 4 is 34.5 Å². The van der Waals surface area contributed by atoms with Crippen LogP contribution in [0.15, 0.2) is 35.4 Å². The van der Waals surface area contributed by atoms with E-state index in [0.29, 0.717) is 12.3 Å². The van der Waals surface area contributed by atoms with Gasteiger partial charge in [0.25, 0.3) is 0 Å². The van der Waals surface area contributed by atoms with Crippen molar-refractivity contribution < 1.29 is 9.59 Å². The van der Waals surface area contributed by atoms with Crippen molar-refractivity contribution in [1.29, 1.82) is 0 Å². The monoisotopic (exact) mass is 359 g/mol. The Balaban J connectivity index is 1.75. The molecule has 0 spiro atoms. The van der Waals surface area contributed by atoms with Crippen molar-refractivity contribution in [2.75, 3.05) is 18.8 Å². The number of rotatable bonds is 6. The van der Waals surface area contributed by atoms with Crippen molar-refractivity contribution in [1.82, 2.24) is 14.8 Å². The smallest absolute Gasteiger partial charge is 0.242 e. The highest BCUT2D eigenvalue weighted by Gasteiger charge is 2.19. The first kappa shape index (κ1) is 17.9. The molecule has 0 saturated carbocycles. The SMILES string of the molecule is CC(C)NC(=O)CSc1cn(CC(=O)N2CCCC2)c2ccccc12. The molecule has 3 rings (SSSR count). The highest BCUT2D eigenvalue weighted by atomic mass is 32.2. The summed E-state index contributed by atoms with van der Waals surface area (Å²) in [6, 6.07) is 8.21. The lowest BCUT2D eigenvalue weighted by Gasteiger charge is -2.15. The Morgan fingerprint density at radius 3 is 2.64 bits per heavy atom. The fourth-order valence-electron chi connectivity index (χ4n) is 3.18. The van der Waals surface area contributed by atoms with Gasteiger partial charge in [0.05, 0.1) is 5.75 Å². The Labute approximate surface area is 152 Å². The number of thioether (sulfide) groups is 1. The number of para-hydroxylation sites is 1. The average Bonchev–Trinajstić information content (AvgIpc) is 3.21. The largest absolute Gasteiger partial charge is 0.353 e. The highest BCUT2D eigenvalue weighted by molar-refractivity contribution is 8.00. The standard InChI is InChI=1S/C19H25N3O2S/c1-14(2)20-18(23)13-25-17-11-22(16-8-4-3-7-15(16)17)12-19(24)21-9-5-6-10-21/h3-4,7-8,11,14H,5-6,9-10,12-13H2,1-2H3,(H,20,23). The van der Waals surface area contributed by atoms with Gasteiger partial charge in [0.1, 0.15) is 6.54 Å². The van der Waals surface area contributed by atoms with E-state index in [4.69, 9.17) is 0 Å². The number of nitrogens with zero attached hydrogens (tertiary/aromatic N) is 2. The zero-order chi connectivity index (χ0) is 17.8. The van der Waals surface area contributed by atoms with Crippen LogP contribution in [-0.4, -0.2) is 46.2 Å². The summed E-state index contributed by atoms with van der Waals surface area (Å²) in [5.41, 5.74) is 1.04. The van der Waals surface area contributed by atoms with Crippen LogP contribution in [0.5, 0.6) is 0 Å². The molecule has 1 aromatic carbocycles. The van der Waals surface area contributed by atoms with Crippen LogP contribution in [0.1, 0.15) is 26.7 Å². The molecule has 0 radical (unpaired) electrons. The maximum atomic E-state index is 12.5. The third kappa shape index (κ3) is 4.37. The number of carbonyl (C=O) groups is 2. The Hall–Kier alpha value is -1.95. The third-order valence-corrected chi connectivity index (χ3v) is 5.37. The van der Waals surface area contributed by atoms with E-state index in [1.807, 2.05) is 47.7 Å². The second kappa shape index (κ2) is 7.95. The molecule has 0 aliphatic carbocycles. The van der Waals surface area contributed by atoms with E-state index in [2.05, 4.69) is 11.4 Å². The van der Waals surface area contributed by atoms with Crippen LogP contribution in [0.2, 0.25) is 0 Å². The molecule has 1 N–H and O–H groups in total. The van der Waals surface area contributed by atoms with Crippen molar-refractivity contribution in [3.63, 3.8) is 0 Å². The predicted octanol–water partition coefficient (Wildman–Crippen LogP) is 2.88. The Morgan fingerprint density at radius 2 is 1.92 bits per heavy atom. The number of hydrogen-bond acceptors (Lipinski definition) is 3. The van der Waals surface area contributed by atoms with Crippen molar-refractivity contribution in [3.8, 4) is 0 Å². The molecule has 134 valence electrons. The molecule has 0 bridgehead atoms. The van der Waals surface area contributed by atoms with E-state index in [1.165, 1.54) is 11.8 Å². The molecule has 1 saturated heterocycles. The van der Waals surface area contributed by atoms with Gasteiger partial charge in [-0.2, -0.15) is 0 Å². The Kier molecular flexibility index (Phi) is 5.68. The summed E-state index contributed by atoms with van der Waals surface area (Å²) >= 11 is 1.52. The molecule has 1 aliphatic heterocycles. The van der Waals surface area contributed by atoms with Crippen LogP contribution in [0, 0.1) is 0 Å². The lowest BCUT2D eigenvalue weighted by Crippen LogP contribution is -2.31. The molecular weight excluding hydrogens is 334 g/mol. The summed E-state index contributed by atoms with van der Waals surface area (Å²) in [4.78, 5) is 27.4. The minimum Gasteiger partial charge on any atom is -0.353 e. The molecule has 1 fully saturated rings. The lowest BCUT2D eigenvalue weighted by atomic mass is 10.2. The Bertz CT molecular complexity index is 763. The fourth-order valence-corrected chi connectivity index (χ4v) is 4.08. The lowest BCUT2D eigenvalue weighted by molar-refractivity contribution is -0.130. The minimum atomic E-state index is 0.0324. The second-order valence-electron chi connectivity index (χ2n) is 6.74. The molecule has 0 unspecified atom stereocenters. The number of nitrogens with one attached hydrogen (secondary N) is 1. The molecule has 5 nitrogen and oxygen atoms in total. The van der Waals surface area contributed by atoms with Crippen LogP contribution in [-0.2, 0) is 16.1 Å². The maximum Gasteiger partial charge on any atom is 0.242 e. The Morgan fingerprint density at radius 1 is 1.20 bits per heavy atom. The van der Waals surface area contributed by atoms with Gasteiger partial charge in [-0.3, -0.25) is 9.59 Å². The van der Waals surface area contributed by atoms with Crippen LogP contribution in [0.4, 0.5) is 0 Å². The number of amides is 2. The molecule has 0 atom stereocenters. The van der Waals surface area contributed by atoms with E-state index >= 15 is 0 Å². The van der Waals surface area contributed by atoms with Crippen LogP contribution in [0.3, 0.4) is 0 Å². The van der Waals surface area contributed by atoms with Crippen LogP contribution in [0.25, 0.3) is 10.9 Å². The second-order valence-corrected chi connectivity index (χ2v) is 7.75. The van der Waals surface area contributed by atoms with Crippen LogP contribution < -0.4 is 5.32 Å². The van der Waals surface area contributed by atoms with E-state index in [0.717, 1.165) is 41.7 Å². The molecule has 2 amide bonds. The topological polar surface area (TPSA) is 54.3 Å². The van der Waals surface area contributed by atoms with Gasteiger partial charge in [-0.1, -0.05) is 18.2 Å². The van der Waals surface area contributed by atoms with Gasteiger partial charge < -0.3 is 14.8 Å². The van der Waals surface area contributed by atoms with Crippen LogP contribution >= 0.6 is 11.8 Å². The van der Waals surface area contributed by atoms with E-state index in [1.54, 1.807) is 0 Å². The number of fused-ring (bicyclic) bond motifs is 1. The molecule has 25 heavy (non-hydrogen) atoms. The summed E-state index contributed by atoms with van der Waals surface area (Å²) in [6.45, 7) is 6.01. The normalized spacial score (nSPS) is 14.4. The zero-order valence-electron chi connectivity index (χ0n) is 14.8. The summed E-state index contributed by atoms with van der Waals surface area (Å²) in [7, 11) is 0. The first-order valence-corrected chi connectivity index (χ1v) is 9.81. The van der Waals surface area contributed by atoms with E-state index in [9.17, 15) is 9.59 Å². The minimum absolute atomic E-state index is 0.0324. The highest BCUT2D eigenvalue weighted by Crippen LogP contribution is 2.30. The van der Waals surface area contributed by atoms with Gasteiger partial charge in [-0.25, -0.2) is 0 Å². The van der Waals surface area contributed by atoms with Crippen molar-refractivity contribution in [3.05, 3.63) is 30.5 Å². The summed E-state index contributed by atoms with van der Waals surface area (Å²) < 4.78 is 2.01. The van der Waals surface area contributed by atoms with E-state index in [-0.39, 0.29) is 17.9 Å². The van der Waals surface area contributed by atoms with Gasteiger partial charge in [-0.05, 0) is 32.8 Å². The number of carbonyl (C=O) groups excluding carboxylic acids is 2. The first-order valence-electron chi connectivity index (χ1n) is 8.82. The molecule has 1 aliphatic rings. The van der Waals surface area contributed by atoms with E-state index < -0.39 is 0 Å². The quantitative estimate of drug-likeness (QED) is 0.807. The van der Waals surface area contributed by atoms with Gasteiger partial charge in [0.2, 0.25) is 11.8 Å². The average molecular weight is 359 g/mol. The van der Waals surface area contributed by atoms with Gasteiger partial charge in [0, 0.05) is 41.1 Å². The third-order valence-electron chi connectivity index (χ3n) is 4.32. The summed E-state index contributed by atoms with van der Waals surface area (Å²) in [5.74, 6) is 0.587. The van der Waals surface area contributed by atoms with Gasteiger partial charge in [0.15, 0.2) is 0 Å². The maximum absolute atomic E-state index is 12.5. The van der Waals surface area contributed by atoms with Gasteiger partial charge >= 0.3 is 0 Å². The summed E-state index contributed by atoms with van der Waals surface area (Å²) in [6.07, 6.45) is 4.21. The first-order chi connectivity index (χ1) is 12.0. The molecule has 2 heterocycles. The number of benzene rings is 1. The molecular formula is C19H25N3O2S. The number of hydrogen-bond donors (Lipinski definition) is 1.